The van der Waals surface area contributed by atoms with Crippen molar-refractivity contribution in [2.24, 2.45) is 34.5 Å². The molecule has 0 radical (unpaired) electrons. The zero-order valence-electron chi connectivity index (χ0n) is 32.1. The molecular weight excluding hydrogens is 738 g/mol. The Hall–Kier alpha value is -3.21. The minimum Gasteiger partial charge on any atom is -0.542 e. The van der Waals surface area contributed by atoms with Crippen LogP contribution in [0.4, 0.5) is 17.6 Å². The van der Waals surface area contributed by atoms with E-state index in [0.717, 1.165) is 68.6 Å². The Morgan fingerprint density at radius 3 is 2.50 bits per heavy atom. The number of carbonyl (C=O) groups is 2. The highest BCUT2D eigenvalue weighted by atomic mass is 19.4. The van der Waals surface area contributed by atoms with Crippen LogP contribution in [0.2, 0.25) is 0 Å². The van der Waals surface area contributed by atoms with Gasteiger partial charge in [0.25, 0.3) is 0 Å². The van der Waals surface area contributed by atoms with Crippen molar-refractivity contribution in [3.05, 3.63) is 52.6 Å². The lowest BCUT2D eigenvalue weighted by Crippen LogP contribution is -3.11. The highest BCUT2D eigenvalue weighted by Gasteiger charge is 2.75. The molecule has 3 saturated carbocycles. The van der Waals surface area contributed by atoms with Crippen molar-refractivity contribution in [2.45, 2.75) is 115 Å². The summed E-state index contributed by atoms with van der Waals surface area (Å²) in [4.78, 5) is 23.7. The lowest BCUT2D eigenvalue weighted by Gasteiger charge is -2.60. The van der Waals surface area contributed by atoms with E-state index in [4.69, 9.17) is 24.5 Å². The van der Waals surface area contributed by atoms with Crippen LogP contribution in [0.1, 0.15) is 89.0 Å². The molecule has 2 saturated heterocycles. The lowest BCUT2D eigenvalue weighted by atomic mass is 9.45. The van der Waals surface area contributed by atoms with Crippen LogP contribution < -0.4 is 10.0 Å². The van der Waals surface area contributed by atoms with Crippen molar-refractivity contribution in [3.8, 4) is 5.69 Å². The summed E-state index contributed by atoms with van der Waals surface area (Å²) in [5.74, 6) is -2.85. The number of halogens is 4. The van der Waals surface area contributed by atoms with E-state index in [-0.39, 0.29) is 41.4 Å². The Kier molecular flexibility index (Phi) is 11.1. The number of aliphatic carboxylic acids is 1. The molecular formula is C41H53F4N3O8. The molecule has 0 bridgehead atoms. The molecule has 0 amide bonds. The molecule has 0 unspecified atom stereocenters. The number of quaternary nitrogens is 1. The van der Waals surface area contributed by atoms with Crippen LogP contribution in [0.3, 0.4) is 0 Å². The summed E-state index contributed by atoms with van der Waals surface area (Å²) in [5.41, 5.74) is 2.86. The fourth-order valence-corrected chi connectivity index (χ4v) is 11.7. The number of aliphatic hydroxyl groups is 3. The van der Waals surface area contributed by atoms with Crippen LogP contribution in [-0.4, -0.2) is 93.4 Å². The number of piperidine rings is 1. The summed E-state index contributed by atoms with van der Waals surface area (Å²) in [5, 5.41) is 45.5. The molecule has 2 aromatic rings. The minimum atomic E-state index is -5.19. The predicted octanol–water partition coefficient (Wildman–Crippen LogP) is 2.70. The molecule has 6 aliphatic rings. The number of hydrogen-bond donors (Lipinski definition) is 4. The van der Waals surface area contributed by atoms with Crippen molar-refractivity contribution in [3.63, 3.8) is 0 Å². The van der Waals surface area contributed by atoms with Gasteiger partial charge < -0.3 is 39.6 Å². The zero-order valence-corrected chi connectivity index (χ0v) is 32.1. The molecule has 56 heavy (non-hydrogen) atoms. The number of Topliss-reactive ketones (excluding diaryl/α,β-unsaturated/α-hetero) is 1. The first kappa shape index (κ1) is 41.0. The van der Waals surface area contributed by atoms with Crippen LogP contribution in [0, 0.1) is 40.3 Å². The number of carboxylic acid groups (broad SMARTS) is 1. The van der Waals surface area contributed by atoms with E-state index in [1.165, 1.54) is 10.5 Å². The van der Waals surface area contributed by atoms with Crippen LogP contribution >= 0.6 is 0 Å². The van der Waals surface area contributed by atoms with Gasteiger partial charge in [0.2, 0.25) is 0 Å². The summed E-state index contributed by atoms with van der Waals surface area (Å²) in [7, 11) is 0. The quantitative estimate of drug-likeness (QED) is 0.295. The number of nitrogens with one attached hydrogen (secondary N) is 1. The molecule has 3 heterocycles. The monoisotopic (exact) mass is 791 g/mol. The first-order valence-corrected chi connectivity index (χ1v) is 20.0. The third-order valence-corrected chi connectivity index (χ3v) is 14.3. The molecule has 0 spiro atoms. The highest BCUT2D eigenvalue weighted by Crippen LogP contribution is 2.70. The normalized spacial score (nSPS) is 37.2. The third-order valence-electron chi connectivity index (χ3n) is 14.3. The van der Waals surface area contributed by atoms with E-state index in [9.17, 15) is 33.3 Å². The molecule has 15 heteroatoms. The van der Waals surface area contributed by atoms with Crippen LogP contribution in [0.15, 0.2) is 30.0 Å². The van der Waals surface area contributed by atoms with Gasteiger partial charge in [0.15, 0.2) is 17.7 Å². The molecule has 5 fully saturated rings. The Bertz CT molecular complexity index is 1840. The molecule has 4 N–H and O–H groups in total. The molecule has 8 rings (SSSR count). The number of carboxylic acids is 1. The van der Waals surface area contributed by atoms with Crippen LogP contribution in [-0.2, 0) is 32.0 Å². The van der Waals surface area contributed by atoms with E-state index in [1.807, 2.05) is 23.0 Å². The third kappa shape index (κ3) is 6.73. The standard InChI is InChI=1S/C39H52FN3O6.C2HF3O2/c1-4-5-35-48-34-16-29-28-8-6-26-15-31-25(17-37(26,2)36(28)32(46)18-38(29,3)39(34,49-35)33(47)22-45)19-41-43(31)27-7-9-30(40)24(14-27)20-42-12-10-23(21-44)11-13-42;3-2(4,5)1(6)7/h7,9,14-15,19,23,28-29,32,34-36,44-46H,4-6,8,10-13,16-18,20-22H2,1-3H3;(H,6,7)/t28-,29-,32-,34+,35-,36+,37-,38-,39+;/m0./s1. The number of hydrogen-bond acceptors (Lipinski definition) is 9. The van der Waals surface area contributed by atoms with Crippen molar-refractivity contribution in [1.82, 2.24) is 9.78 Å². The second kappa shape index (κ2) is 15.2. The summed E-state index contributed by atoms with van der Waals surface area (Å²) in [6.07, 6.45) is 4.65. The van der Waals surface area contributed by atoms with Gasteiger partial charge in [-0.2, -0.15) is 18.3 Å². The SMILES string of the molecule is CCC[C@H]1O[C@@H]2C[C@H]3[C@@H]4CCC5=Cc6c(cnn6-c6ccc(F)c(C[NH+]7CCC(CO)CC7)c6)C[C@]5(C)[C@H]4[C@@H](O)C[C@]3(C)[C@]2(C(=O)CO)O1.O=C([O-])C(F)(F)F. The number of carbonyl (C=O) groups excluding carboxylic acids is 2. The molecule has 11 nitrogen and oxygen atoms in total. The minimum absolute atomic E-state index is 0.00370. The van der Waals surface area contributed by atoms with Gasteiger partial charge >= 0.3 is 6.18 Å². The first-order valence-electron chi connectivity index (χ1n) is 20.0. The number of allylic oxidation sites excluding steroid dienone is 1. The maximum Gasteiger partial charge on any atom is 0.430 e. The number of benzene rings is 1. The number of aromatic nitrogens is 2. The fourth-order valence-electron chi connectivity index (χ4n) is 11.7. The molecule has 4 aliphatic carbocycles. The molecule has 2 aliphatic heterocycles. The van der Waals surface area contributed by atoms with E-state index in [2.05, 4.69) is 26.8 Å². The summed E-state index contributed by atoms with van der Waals surface area (Å²) < 4.78 is 61.6. The Morgan fingerprint density at radius 1 is 1.14 bits per heavy atom. The summed E-state index contributed by atoms with van der Waals surface area (Å²) in [6, 6.07) is 5.31. The van der Waals surface area contributed by atoms with E-state index < -0.39 is 48.3 Å². The van der Waals surface area contributed by atoms with Gasteiger partial charge in [-0.25, -0.2) is 9.07 Å². The average molecular weight is 792 g/mol. The Labute approximate surface area is 323 Å². The number of alkyl halides is 3. The highest BCUT2D eigenvalue weighted by molar-refractivity contribution is 5.91. The van der Waals surface area contributed by atoms with Gasteiger partial charge in [0.1, 0.15) is 24.9 Å². The van der Waals surface area contributed by atoms with Crippen molar-refractivity contribution >= 4 is 17.8 Å². The smallest absolute Gasteiger partial charge is 0.430 e. The number of likely N-dealkylation sites (tertiary alicyclic amines) is 1. The van der Waals surface area contributed by atoms with Gasteiger partial charge in [0, 0.05) is 30.4 Å². The molecule has 308 valence electrons. The fraction of sp³-hybridized carbons (Fsp3) is 0.683. The van der Waals surface area contributed by atoms with Gasteiger partial charge in [-0.1, -0.05) is 32.8 Å². The van der Waals surface area contributed by atoms with Gasteiger partial charge in [-0.05, 0) is 97.5 Å². The van der Waals surface area contributed by atoms with Crippen LogP contribution in [0.5, 0.6) is 0 Å². The van der Waals surface area contributed by atoms with Crippen molar-refractivity contribution in [2.75, 3.05) is 26.3 Å². The van der Waals surface area contributed by atoms with Gasteiger partial charge in [0.05, 0.1) is 42.9 Å². The number of fused-ring (bicyclic) bond motifs is 8. The van der Waals surface area contributed by atoms with Crippen LogP contribution in [0.25, 0.3) is 11.8 Å². The predicted molar refractivity (Wildman–Crippen MR) is 191 cm³/mol. The Balaban J connectivity index is 0.000000629. The molecule has 9 atom stereocenters. The van der Waals surface area contributed by atoms with Crippen molar-refractivity contribution < 1.29 is 62.0 Å². The maximum absolute atomic E-state index is 15.1. The second-order valence-corrected chi connectivity index (χ2v) is 17.4. The molecule has 1 aromatic heterocycles. The second-order valence-electron chi connectivity index (χ2n) is 17.4. The largest absolute Gasteiger partial charge is 0.542 e. The number of aliphatic hydroxyl groups excluding tert-OH is 3. The Morgan fingerprint density at radius 2 is 1.86 bits per heavy atom. The summed E-state index contributed by atoms with van der Waals surface area (Å²) in [6.45, 7) is 8.59. The average Bonchev–Trinajstić information content (AvgIpc) is 3.80. The van der Waals surface area contributed by atoms with Gasteiger partial charge in [-0.15, -0.1) is 0 Å². The van der Waals surface area contributed by atoms with E-state index >= 15 is 4.39 Å². The number of ether oxygens (including phenoxy) is 2. The lowest BCUT2D eigenvalue weighted by molar-refractivity contribution is -0.920. The number of nitrogens with zero attached hydrogens (tertiary/aromatic N) is 2. The topological polar surface area (TPSA) is 159 Å². The number of rotatable bonds is 8. The first-order chi connectivity index (χ1) is 26.5. The molecule has 1 aromatic carbocycles. The van der Waals surface area contributed by atoms with E-state index in [0.29, 0.717) is 37.3 Å². The maximum atomic E-state index is 15.1. The van der Waals surface area contributed by atoms with Crippen molar-refractivity contribution in [1.29, 1.82) is 0 Å². The van der Waals surface area contributed by atoms with E-state index in [1.54, 1.807) is 6.07 Å². The van der Waals surface area contributed by atoms with Gasteiger partial charge in [-0.3, -0.25) is 4.79 Å². The summed E-state index contributed by atoms with van der Waals surface area (Å²) >= 11 is 0. The zero-order chi connectivity index (χ0) is 40.4. The number of ketones is 1.